The minimum absolute atomic E-state index is 0.0902. The number of hydrogen-bond donors (Lipinski definition) is 1. The largest absolute Gasteiger partial charge is 0.335 e. The molecule has 0 bridgehead atoms. The molecule has 2 fully saturated rings. The minimum atomic E-state index is 0.0902. The molecule has 3 heterocycles. The Morgan fingerprint density at radius 1 is 1.23 bits per heavy atom. The first kappa shape index (κ1) is 17.7. The van der Waals surface area contributed by atoms with Crippen LogP contribution in [-0.4, -0.2) is 47.8 Å². The number of aryl methyl sites for hydroxylation is 1. The van der Waals surface area contributed by atoms with Crippen molar-refractivity contribution in [2.45, 2.75) is 26.3 Å². The van der Waals surface area contributed by atoms with E-state index in [1.165, 1.54) is 16.2 Å². The highest BCUT2D eigenvalue weighted by molar-refractivity contribution is 7.18. The number of nitrogens with one attached hydrogen (secondary N) is 1. The Bertz CT molecular complexity index is 788. The number of rotatable bonds is 5. The predicted molar refractivity (Wildman–Crippen MR) is 106 cm³/mol. The first-order chi connectivity index (χ1) is 12.6. The Hall–Kier alpha value is -1.70. The van der Waals surface area contributed by atoms with Gasteiger partial charge in [0, 0.05) is 43.5 Å². The van der Waals surface area contributed by atoms with Gasteiger partial charge in [0.15, 0.2) is 0 Å². The molecule has 0 atom stereocenters. The highest BCUT2D eigenvalue weighted by atomic mass is 32.1. The Balaban J connectivity index is 1.34. The van der Waals surface area contributed by atoms with Gasteiger partial charge in [-0.05, 0) is 42.8 Å². The van der Waals surface area contributed by atoms with E-state index < -0.39 is 0 Å². The van der Waals surface area contributed by atoms with Crippen molar-refractivity contribution < 1.29 is 9.59 Å². The zero-order chi connectivity index (χ0) is 18.1. The lowest BCUT2D eigenvalue weighted by Gasteiger charge is -2.34. The second-order valence-electron chi connectivity index (χ2n) is 7.03. The number of carbonyl (C=O) groups excluding carboxylic acids is 2. The topological polar surface area (TPSA) is 52.7 Å². The maximum Gasteiger partial charge on any atom is 0.264 e. The predicted octanol–water partition coefficient (Wildman–Crippen LogP) is 3.42. The van der Waals surface area contributed by atoms with E-state index >= 15 is 0 Å². The molecule has 0 radical (unpaired) electrons. The molecular weight excluding hydrogens is 366 g/mol. The van der Waals surface area contributed by atoms with Crippen LogP contribution in [0.2, 0.25) is 0 Å². The maximum atomic E-state index is 12.9. The van der Waals surface area contributed by atoms with Crippen LogP contribution in [0.3, 0.4) is 0 Å². The summed E-state index contributed by atoms with van der Waals surface area (Å²) >= 11 is 3.19. The van der Waals surface area contributed by atoms with Gasteiger partial charge in [0.05, 0.1) is 9.88 Å². The van der Waals surface area contributed by atoms with E-state index in [0.717, 1.165) is 61.0 Å². The van der Waals surface area contributed by atoms with Crippen molar-refractivity contribution in [3.05, 3.63) is 38.9 Å². The van der Waals surface area contributed by atoms with Gasteiger partial charge < -0.3 is 10.2 Å². The smallest absolute Gasteiger partial charge is 0.264 e. The van der Waals surface area contributed by atoms with Gasteiger partial charge in [-0.2, -0.15) is 0 Å². The number of hydrogen-bond acceptors (Lipinski definition) is 5. The Morgan fingerprint density at radius 2 is 2.00 bits per heavy atom. The first-order valence-corrected chi connectivity index (χ1v) is 10.7. The summed E-state index contributed by atoms with van der Waals surface area (Å²) in [4.78, 5) is 31.3. The quantitative estimate of drug-likeness (QED) is 0.852. The molecule has 1 N–H and O–H groups in total. The van der Waals surface area contributed by atoms with Crippen LogP contribution in [0.25, 0.3) is 0 Å². The van der Waals surface area contributed by atoms with Gasteiger partial charge in [-0.1, -0.05) is 6.07 Å². The van der Waals surface area contributed by atoms with E-state index in [1.54, 1.807) is 11.3 Å². The number of piperazine rings is 1. The van der Waals surface area contributed by atoms with Crippen molar-refractivity contribution in [1.82, 2.24) is 9.80 Å². The van der Waals surface area contributed by atoms with E-state index in [4.69, 9.17) is 0 Å². The summed E-state index contributed by atoms with van der Waals surface area (Å²) in [6.07, 6.45) is 1.97. The van der Waals surface area contributed by atoms with Gasteiger partial charge >= 0.3 is 0 Å². The van der Waals surface area contributed by atoms with E-state index in [-0.39, 0.29) is 17.7 Å². The van der Waals surface area contributed by atoms with Gasteiger partial charge in [-0.25, -0.2) is 0 Å². The third kappa shape index (κ3) is 4.00. The summed E-state index contributed by atoms with van der Waals surface area (Å²) in [5, 5.41) is 5.85. The maximum absolute atomic E-state index is 12.9. The molecular formula is C19H23N3O2S2. The molecule has 138 valence electrons. The number of nitrogens with zero attached hydrogens (tertiary/aromatic N) is 2. The summed E-state index contributed by atoms with van der Waals surface area (Å²) in [7, 11) is 0. The Labute approximate surface area is 161 Å². The molecule has 1 aliphatic heterocycles. The second-order valence-corrected chi connectivity index (χ2v) is 9.12. The Morgan fingerprint density at radius 3 is 2.65 bits per heavy atom. The third-order valence-corrected chi connectivity index (χ3v) is 6.93. The molecule has 7 heteroatoms. The molecule has 0 aromatic carbocycles. The average Bonchev–Trinajstić information content (AvgIpc) is 3.26. The van der Waals surface area contributed by atoms with Crippen LogP contribution in [0.4, 0.5) is 5.00 Å². The summed E-state index contributed by atoms with van der Waals surface area (Å²) in [5.41, 5.74) is 0.951. The average molecular weight is 390 g/mol. The molecule has 26 heavy (non-hydrogen) atoms. The first-order valence-electron chi connectivity index (χ1n) is 9.05. The summed E-state index contributed by atoms with van der Waals surface area (Å²) < 4.78 is 0. The monoisotopic (exact) mass is 389 g/mol. The number of amides is 2. The van der Waals surface area contributed by atoms with Crippen molar-refractivity contribution in [1.29, 1.82) is 0 Å². The van der Waals surface area contributed by atoms with Gasteiger partial charge in [0.1, 0.15) is 0 Å². The molecule has 2 aliphatic rings. The molecule has 1 saturated carbocycles. The molecule has 0 spiro atoms. The molecule has 4 rings (SSSR count). The van der Waals surface area contributed by atoms with Gasteiger partial charge in [-0.3, -0.25) is 14.5 Å². The van der Waals surface area contributed by atoms with Crippen molar-refractivity contribution in [3.63, 3.8) is 0 Å². The highest BCUT2D eigenvalue weighted by Gasteiger charge is 2.30. The van der Waals surface area contributed by atoms with Gasteiger partial charge in [0.25, 0.3) is 5.91 Å². The lowest BCUT2D eigenvalue weighted by Crippen LogP contribution is -2.48. The fraction of sp³-hybridized carbons (Fsp3) is 0.474. The number of carbonyl (C=O) groups is 2. The standard InChI is InChI=1S/C19H23N3O2S2/c1-13-11-16(20-18(23)14-4-5-14)26-17(13)19(24)22-8-6-21(7-9-22)12-15-3-2-10-25-15/h2-3,10-11,14H,4-9,12H2,1H3,(H,20,23). The van der Waals surface area contributed by atoms with Crippen LogP contribution < -0.4 is 5.32 Å². The zero-order valence-corrected chi connectivity index (χ0v) is 16.5. The van der Waals surface area contributed by atoms with Crippen LogP contribution in [0.5, 0.6) is 0 Å². The Kier molecular flexibility index (Phi) is 5.11. The third-order valence-electron chi connectivity index (χ3n) is 4.93. The van der Waals surface area contributed by atoms with Crippen molar-refractivity contribution in [2.24, 2.45) is 5.92 Å². The number of thiophene rings is 2. The van der Waals surface area contributed by atoms with E-state index in [9.17, 15) is 9.59 Å². The van der Waals surface area contributed by atoms with Crippen molar-refractivity contribution in [2.75, 3.05) is 31.5 Å². The molecule has 2 amide bonds. The minimum Gasteiger partial charge on any atom is -0.335 e. The highest BCUT2D eigenvalue weighted by Crippen LogP contribution is 2.33. The zero-order valence-electron chi connectivity index (χ0n) is 14.9. The molecule has 2 aromatic heterocycles. The molecule has 5 nitrogen and oxygen atoms in total. The molecule has 1 aliphatic carbocycles. The summed E-state index contributed by atoms with van der Waals surface area (Å²) in [6, 6.07) is 6.17. The van der Waals surface area contributed by atoms with Crippen LogP contribution in [-0.2, 0) is 11.3 Å². The summed E-state index contributed by atoms with van der Waals surface area (Å²) in [6.45, 7) is 6.23. The van der Waals surface area contributed by atoms with E-state index in [1.807, 2.05) is 17.9 Å². The summed E-state index contributed by atoms with van der Waals surface area (Å²) in [5.74, 6) is 0.357. The normalized spacial score (nSPS) is 18.1. The fourth-order valence-electron chi connectivity index (χ4n) is 3.20. The molecule has 2 aromatic rings. The lowest BCUT2D eigenvalue weighted by molar-refractivity contribution is -0.117. The second kappa shape index (κ2) is 7.50. The molecule has 0 unspecified atom stereocenters. The van der Waals surface area contributed by atoms with Crippen molar-refractivity contribution in [3.8, 4) is 0 Å². The number of anilines is 1. The van der Waals surface area contributed by atoms with E-state index in [0.29, 0.717) is 0 Å². The van der Waals surface area contributed by atoms with Crippen LogP contribution >= 0.6 is 22.7 Å². The lowest BCUT2D eigenvalue weighted by atomic mass is 10.2. The van der Waals surface area contributed by atoms with Crippen LogP contribution in [0, 0.1) is 12.8 Å². The van der Waals surface area contributed by atoms with Crippen molar-refractivity contribution >= 4 is 39.5 Å². The van der Waals surface area contributed by atoms with E-state index in [2.05, 4.69) is 27.7 Å². The van der Waals surface area contributed by atoms with Crippen LogP contribution in [0.15, 0.2) is 23.6 Å². The van der Waals surface area contributed by atoms with Crippen LogP contribution in [0.1, 0.15) is 33.0 Å². The SMILES string of the molecule is Cc1cc(NC(=O)C2CC2)sc1C(=O)N1CCN(Cc2cccs2)CC1. The fourth-order valence-corrected chi connectivity index (χ4v) is 4.99. The molecule has 1 saturated heterocycles. The van der Waals surface area contributed by atoms with Gasteiger partial charge in [-0.15, -0.1) is 22.7 Å². The van der Waals surface area contributed by atoms with Gasteiger partial charge in [0.2, 0.25) is 5.91 Å².